The van der Waals surface area contributed by atoms with Crippen molar-refractivity contribution in [2.24, 2.45) is 0 Å². The molecule has 0 amide bonds. The summed E-state index contributed by atoms with van der Waals surface area (Å²) in [4.78, 5) is 4.14. The van der Waals surface area contributed by atoms with Crippen LogP contribution in [0.5, 0.6) is 0 Å². The Morgan fingerprint density at radius 3 is 2.50 bits per heavy atom. The average Bonchev–Trinajstić information content (AvgIpc) is 2.20. The van der Waals surface area contributed by atoms with Crippen LogP contribution in [0.15, 0.2) is 18.3 Å². The molecule has 0 aliphatic heterocycles. The van der Waals surface area contributed by atoms with Gasteiger partial charge in [-0.3, -0.25) is 4.98 Å². The third kappa shape index (κ3) is 4.27. The molecule has 1 heterocycles. The molecule has 1 aromatic rings. The highest BCUT2D eigenvalue weighted by Gasteiger charge is 2.15. The topological polar surface area (TPSA) is 24.9 Å². The van der Waals surface area contributed by atoms with Crippen molar-refractivity contribution in [1.82, 2.24) is 10.3 Å². The minimum absolute atomic E-state index is 0.105. The van der Waals surface area contributed by atoms with Crippen LogP contribution in [0.2, 0.25) is 0 Å². The number of nitrogens with zero attached hydrogens (tertiary/aromatic N) is 1. The van der Waals surface area contributed by atoms with Crippen LogP contribution < -0.4 is 5.32 Å². The Hall–Kier alpha value is -0.960. The lowest BCUT2D eigenvalue weighted by atomic mass is 9.99. The molecule has 0 bridgehead atoms. The highest BCUT2D eigenvalue weighted by Crippen LogP contribution is 2.17. The maximum atomic E-state index is 12.8. The van der Waals surface area contributed by atoms with E-state index in [1.807, 2.05) is 0 Å². The van der Waals surface area contributed by atoms with E-state index >= 15 is 0 Å². The van der Waals surface area contributed by atoms with E-state index in [1.165, 1.54) is 12.3 Å². The average molecular weight is 224 g/mol. The van der Waals surface area contributed by atoms with E-state index in [2.05, 4.69) is 38.0 Å². The molecule has 0 aliphatic carbocycles. The second kappa shape index (κ2) is 5.39. The van der Waals surface area contributed by atoms with Crippen LogP contribution in [0.25, 0.3) is 0 Å². The van der Waals surface area contributed by atoms with Crippen LogP contribution in [0.3, 0.4) is 0 Å². The van der Waals surface area contributed by atoms with Gasteiger partial charge in [0.25, 0.3) is 0 Å². The van der Waals surface area contributed by atoms with Gasteiger partial charge in [-0.1, -0.05) is 6.92 Å². The maximum Gasteiger partial charge on any atom is 0.141 e. The van der Waals surface area contributed by atoms with Gasteiger partial charge in [0.05, 0.1) is 6.20 Å². The fourth-order valence-electron chi connectivity index (χ4n) is 1.52. The number of rotatable bonds is 4. The molecule has 3 heteroatoms. The second-order valence-electron chi connectivity index (χ2n) is 5.14. The first-order valence-electron chi connectivity index (χ1n) is 5.79. The fraction of sp³-hybridized carbons (Fsp3) is 0.615. The lowest BCUT2D eigenvalue weighted by Crippen LogP contribution is -2.38. The summed E-state index contributed by atoms with van der Waals surface area (Å²) >= 11 is 0. The summed E-state index contributed by atoms with van der Waals surface area (Å²) < 4.78 is 12.8. The quantitative estimate of drug-likeness (QED) is 0.850. The van der Waals surface area contributed by atoms with Gasteiger partial charge in [-0.2, -0.15) is 0 Å². The Morgan fingerprint density at radius 1 is 1.38 bits per heavy atom. The predicted octanol–water partition coefficient (Wildman–Crippen LogP) is 3.10. The van der Waals surface area contributed by atoms with Crippen molar-refractivity contribution < 1.29 is 4.39 Å². The zero-order chi connectivity index (χ0) is 12.2. The van der Waals surface area contributed by atoms with Gasteiger partial charge >= 0.3 is 0 Å². The molecule has 0 saturated heterocycles. The summed E-state index contributed by atoms with van der Waals surface area (Å²) in [6, 6.07) is 3.25. The van der Waals surface area contributed by atoms with E-state index in [-0.39, 0.29) is 11.4 Å². The fourth-order valence-corrected chi connectivity index (χ4v) is 1.52. The minimum atomic E-state index is -0.276. The molecular formula is C13H21FN2. The molecule has 1 atom stereocenters. The first-order valence-corrected chi connectivity index (χ1v) is 5.79. The summed E-state index contributed by atoms with van der Waals surface area (Å²) in [5.74, 6) is 0.0715. The van der Waals surface area contributed by atoms with E-state index in [9.17, 15) is 4.39 Å². The SMILES string of the molecule is CCC(CNC(C)(C)C)c1ccc(F)cn1. The molecule has 0 spiro atoms. The summed E-state index contributed by atoms with van der Waals surface area (Å²) in [6.45, 7) is 9.41. The van der Waals surface area contributed by atoms with Gasteiger partial charge < -0.3 is 5.32 Å². The maximum absolute atomic E-state index is 12.8. The number of hydrogen-bond donors (Lipinski definition) is 1. The molecule has 2 nitrogen and oxygen atoms in total. The van der Waals surface area contributed by atoms with Crippen molar-refractivity contribution >= 4 is 0 Å². The highest BCUT2D eigenvalue weighted by atomic mass is 19.1. The Kier molecular flexibility index (Phi) is 4.42. The van der Waals surface area contributed by atoms with Gasteiger partial charge in [0, 0.05) is 23.7 Å². The molecule has 16 heavy (non-hydrogen) atoms. The third-order valence-electron chi connectivity index (χ3n) is 2.54. The van der Waals surface area contributed by atoms with Crippen molar-refractivity contribution in [1.29, 1.82) is 0 Å². The Morgan fingerprint density at radius 2 is 2.06 bits per heavy atom. The molecule has 1 unspecified atom stereocenters. The summed E-state index contributed by atoms with van der Waals surface area (Å²) in [6.07, 6.45) is 2.29. The van der Waals surface area contributed by atoms with Crippen molar-refractivity contribution in [3.8, 4) is 0 Å². The van der Waals surface area contributed by atoms with Gasteiger partial charge in [-0.15, -0.1) is 0 Å². The van der Waals surface area contributed by atoms with Crippen LogP contribution in [0, 0.1) is 5.82 Å². The van der Waals surface area contributed by atoms with Gasteiger partial charge in [-0.25, -0.2) is 4.39 Å². The number of halogens is 1. The number of nitrogens with one attached hydrogen (secondary N) is 1. The lowest BCUT2D eigenvalue weighted by molar-refractivity contribution is 0.400. The number of aromatic nitrogens is 1. The van der Waals surface area contributed by atoms with Crippen LogP contribution >= 0.6 is 0 Å². The first kappa shape index (κ1) is 13.1. The molecule has 0 saturated carbocycles. The van der Waals surface area contributed by atoms with Gasteiger partial charge in [0.1, 0.15) is 5.82 Å². The molecule has 0 radical (unpaired) electrons. The third-order valence-corrected chi connectivity index (χ3v) is 2.54. The van der Waals surface area contributed by atoms with Crippen molar-refractivity contribution in [3.63, 3.8) is 0 Å². The molecule has 90 valence electrons. The van der Waals surface area contributed by atoms with Crippen molar-refractivity contribution in [2.75, 3.05) is 6.54 Å². The van der Waals surface area contributed by atoms with Crippen LogP contribution in [0.4, 0.5) is 4.39 Å². The zero-order valence-corrected chi connectivity index (χ0v) is 10.5. The van der Waals surface area contributed by atoms with Crippen molar-refractivity contribution in [3.05, 3.63) is 29.8 Å². The molecule has 0 aromatic carbocycles. The number of pyridine rings is 1. The normalized spacial score (nSPS) is 13.8. The largest absolute Gasteiger partial charge is 0.311 e. The molecule has 0 aliphatic rings. The number of hydrogen-bond acceptors (Lipinski definition) is 2. The smallest absolute Gasteiger partial charge is 0.141 e. The van der Waals surface area contributed by atoms with Gasteiger partial charge in [0.2, 0.25) is 0 Å². The Bertz CT molecular complexity index is 314. The van der Waals surface area contributed by atoms with E-state index in [0.717, 1.165) is 18.7 Å². The van der Waals surface area contributed by atoms with Crippen LogP contribution in [-0.4, -0.2) is 17.1 Å². The standard InChI is InChI=1S/C13H21FN2/c1-5-10(8-16-13(2,3)4)12-7-6-11(14)9-15-12/h6-7,9-10,16H,5,8H2,1-4H3. The molecule has 1 aromatic heterocycles. The Labute approximate surface area is 97.3 Å². The minimum Gasteiger partial charge on any atom is -0.311 e. The Balaban J connectivity index is 2.64. The molecule has 1 rings (SSSR count). The summed E-state index contributed by atoms with van der Waals surface area (Å²) in [5, 5.41) is 3.45. The van der Waals surface area contributed by atoms with Gasteiger partial charge in [-0.05, 0) is 39.3 Å². The first-order chi connectivity index (χ1) is 7.42. The summed E-state index contributed by atoms with van der Waals surface area (Å²) in [5.41, 5.74) is 1.06. The van der Waals surface area contributed by atoms with E-state index < -0.39 is 0 Å². The predicted molar refractivity (Wildman–Crippen MR) is 65.0 cm³/mol. The van der Waals surface area contributed by atoms with E-state index in [4.69, 9.17) is 0 Å². The van der Waals surface area contributed by atoms with Crippen LogP contribution in [-0.2, 0) is 0 Å². The zero-order valence-electron chi connectivity index (χ0n) is 10.5. The van der Waals surface area contributed by atoms with Crippen LogP contribution in [0.1, 0.15) is 45.7 Å². The molecular weight excluding hydrogens is 203 g/mol. The second-order valence-corrected chi connectivity index (χ2v) is 5.14. The highest BCUT2D eigenvalue weighted by molar-refractivity contribution is 5.11. The molecule has 0 fully saturated rings. The lowest BCUT2D eigenvalue weighted by Gasteiger charge is -2.24. The van der Waals surface area contributed by atoms with E-state index in [1.54, 1.807) is 6.07 Å². The van der Waals surface area contributed by atoms with E-state index in [0.29, 0.717) is 5.92 Å². The molecule has 1 N–H and O–H groups in total. The van der Waals surface area contributed by atoms with Gasteiger partial charge in [0.15, 0.2) is 0 Å². The van der Waals surface area contributed by atoms with Crippen molar-refractivity contribution in [2.45, 2.75) is 45.6 Å². The summed E-state index contributed by atoms with van der Waals surface area (Å²) in [7, 11) is 0. The monoisotopic (exact) mass is 224 g/mol.